The van der Waals surface area contributed by atoms with Gasteiger partial charge in [0, 0.05) is 5.56 Å². The number of benzene rings is 1. The zero-order valence-corrected chi connectivity index (χ0v) is 9.43. The second-order valence-corrected chi connectivity index (χ2v) is 3.27. The van der Waals surface area contributed by atoms with E-state index in [2.05, 4.69) is 10.3 Å². The van der Waals surface area contributed by atoms with E-state index < -0.39 is 5.91 Å². The third-order valence-corrected chi connectivity index (χ3v) is 1.94. The first-order valence-corrected chi connectivity index (χ1v) is 4.94. The summed E-state index contributed by atoms with van der Waals surface area (Å²) in [6, 6.07) is 7.14. The predicted octanol–water partition coefficient (Wildman–Crippen LogP) is -0.229. The lowest BCUT2D eigenvalue weighted by atomic mass is 10.1. The summed E-state index contributed by atoms with van der Waals surface area (Å²) < 4.78 is 5.09. The van der Waals surface area contributed by atoms with E-state index in [1.807, 2.05) is 6.07 Å². The third-order valence-electron chi connectivity index (χ3n) is 1.94. The molecular formula is C11H14N2O4. The Balaban J connectivity index is 2.47. The topological polar surface area (TPSA) is 90.7 Å². The first-order chi connectivity index (χ1) is 8.13. The molecule has 0 saturated carbocycles. The molecule has 17 heavy (non-hydrogen) atoms. The molecule has 3 N–H and O–H groups in total. The summed E-state index contributed by atoms with van der Waals surface area (Å²) in [6.07, 6.45) is 0.1000. The lowest BCUT2D eigenvalue weighted by Gasteiger charge is -2.08. The van der Waals surface area contributed by atoms with E-state index in [0.717, 1.165) is 5.56 Å². The number of hydrogen-bond donors (Lipinski definition) is 2. The monoisotopic (exact) mass is 238 g/mol. The quantitative estimate of drug-likeness (QED) is 0.670. The van der Waals surface area contributed by atoms with Crippen molar-refractivity contribution in [2.45, 2.75) is 6.42 Å². The fourth-order valence-corrected chi connectivity index (χ4v) is 1.25. The highest BCUT2D eigenvalue weighted by Crippen LogP contribution is 2.17. The maximum atomic E-state index is 11.4. The summed E-state index contributed by atoms with van der Waals surface area (Å²) in [5.41, 5.74) is 7.69. The Labute approximate surface area is 98.7 Å². The van der Waals surface area contributed by atoms with Gasteiger partial charge in [-0.15, -0.1) is 0 Å². The number of para-hydroxylation sites is 1. The Bertz CT molecular complexity index is 406. The minimum absolute atomic E-state index is 0.1000. The number of primary amides is 1. The Morgan fingerprint density at radius 1 is 1.35 bits per heavy atom. The van der Waals surface area contributed by atoms with Crippen molar-refractivity contribution in [2.24, 2.45) is 5.73 Å². The van der Waals surface area contributed by atoms with Crippen LogP contribution in [0.4, 0.5) is 0 Å². The van der Waals surface area contributed by atoms with Crippen LogP contribution in [0.2, 0.25) is 0 Å². The second kappa shape index (κ2) is 6.49. The fraction of sp³-hybridized carbons (Fsp3) is 0.273. The molecule has 0 aliphatic rings. The molecule has 0 atom stereocenters. The van der Waals surface area contributed by atoms with Gasteiger partial charge in [-0.1, -0.05) is 18.2 Å². The maximum Gasteiger partial charge on any atom is 0.248 e. The normalized spacial score (nSPS) is 9.71. The predicted molar refractivity (Wildman–Crippen MR) is 60.0 cm³/mol. The van der Waals surface area contributed by atoms with Gasteiger partial charge in [0.25, 0.3) is 0 Å². The molecule has 0 spiro atoms. The average Bonchev–Trinajstić information content (AvgIpc) is 2.29. The molecule has 2 amide bonds. The Hall–Kier alpha value is -2.08. The Morgan fingerprint density at radius 2 is 2.06 bits per heavy atom. The van der Waals surface area contributed by atoms with E-state index in [4.69, 9.17) is 10.5 Å². The van der Waals surface area contributed by atoms with Crippen molar-refractivity contribution >= 4 is 11.8 Å². The van der Waals surface area contributed by atoms with Gasteiger partial charge in [0.15, 0.2) is 6.61 Å². The summed E-state index contributed by atoms with van der Waals surface area (Å²) >= 11 is 0. The number of amides is 2. The van der Waals surface area contributed by atoms with Crippen molar-refractivity contribution in [1.29, 1.82) is 0 Å². The van der Waals surface area contributed by atoms with Gasteiger partial charge in [0.2, 0.25) is 11.8 Å². The fourth-order valence-electron chi connectivity index (χ4n) is 1.25. The molecule has 0 saturated heterocycles. The Kier molecular flexibility index (Phi) is 4.96. The van der Waals surface area contributed by atoms with Crippen molar-refractivity contribution in [1.82, 2.24) is 5.48 Å². The Morgan fingerprint density at radius 3 is 2.71 bits per heavy atom. The van der Waals surface area contributed by atoms with Crippen LogP contribution < -0.4 is 16.0 Å². The average molecular weight is 238 g/mol. The summed E-state index contributed by atoms with van der Waals surface area (Å²) in [4.78, 5) is 26.4. The lowest BCUT2D eigenvalue weighted by molar-refractivity contribution is -0.137. The number of methoxy groups -OCH3 is 1. The van der Waals surface area contributed by atoms with E-state index in [9.17, 15) is 9.59 Å². The molecule has 0 radical (unpaired) electrons. The highest BCUT2D eigenvalue weighted by Gasteiger charge is 2.08. The number of carbonyl (C=O) groups is 2. The SMILES string of the molecule is COc1ccccc1CC(=O)NOCC(N)=O. The summed E-state index contributed by atoms with van der Waals surface area (Å²) in [5.74, 6) is -0.407. The number of nitrogens with one attached hydrogen (secondary N) is 1. The standard InChI is InChI=1S/C11H14N2O4/c1-16-9-5-3-2-4-8(9)6-11(15)13-17-7-10(12)14/h2-5H,6-7H2,1H3,(H2,12,14)(H,13,15). The maximum absolute atomic E-state index is 11.4. The van der Waals surface area contributed by atoms with Crippen LogP contribution in [0.1, 0.15) is 5.56 Å². The number of hydrogen-bond acceptors (Lipinski definition) is 4. The minimum atomic E-state index is -0.650. The van der Waals surface area contributed by atoms with Gasteiger partial charge < -0.3 is 10.5 Å². The molecule has 0 heterocycles. The molecule has 0 aromatic heterocycles. The summed E-state index contributed by atoms with van der Waals surface area (Å²) in [5, 5.41) is 0. The van der Waals surface area contributed by atoms with Crippen LogP contribution in [0.15, 0.2) is 24.3 Å². The van der Waals surface area contributed by atoms with Crippen LogP contribution in [0, 0.1) is 0 Å². The van der Waals surface area contributed by atoms with E-state index in [1.54, 1.807) is 18.2 Å². The van der Waals surface area contributed by atoms with Gasteiger partial charge in [0.05, 0.1) is 13.5 Å². The number of hydroxylamine groups is 1. The van der Waals surface area contributed by atoms with Gasteiger partial charge in [-0.2, -0.15) is 0 Å². The van der Waals surface area contributed by atoms with Gasteiger partial charge in [-0.05, 0) is 6.07 Å². The number of rotatable bonds is 6. The molecule has 1 aromatic rings. The highest BCUT2D eigenvalue weighted by atomic mass is 16.7. The second-order valence-electron chi connectivity index (χ2n) is 3.27. The van der Waals surface area contributed by atoms with E-state index in [1.165, 1.54) is 7.11 Å². The van der Waals surface area contributed by atoms with Crippen molar-refractivity contribution in [3.8, 4) is 5.75 Å². The highest BCUT2D eigenvalue weighted by molar-refractivity contribution is 5.79. The van der Waals surface area contributed by atoms with Gasteiger partial charge in [-0.3, -0.25) is 14.4 Å². The first kappa shape index (κ1) is 13.0. The third kappa shape index (κ3) is 4.52. The molecule has 92 valence electrons. The molecule has 1 aromatic carbocycles. The largest absolute Gasteiger partial charge is 0.496 e. The van der Waals surface area contributed by atoms with Crippen molar-refractivity contribution < 1.29 is 19.2 Å². The van der Waals surface area contributed by atoms with Crippen molar-refractivity contribution in [3.05, 3.63) is 29.8 Å². The molecule has 0 bridgehead atoms. The number of carbonyl (C=O) groups excluding carboxylic acids is 2. The van der Waals surface area contributed by atoms with Gasteiger partial charge >= 0.3 is 0 Å². The van der Waals surface area contributed by atoms with Gasteiger partial charge in [0.1, 0.15) is 5.75 Å². The van der Waals surface area contributed by atoms with Crippen LogP contribution in [0.5, 0.6) is 5.75 Å². The molecule has 6 nitrogen and oxygen atoms in total. The van der Waals surface area contributed by atoms with Crippen LogP contribution in [0.25, 0.3) is 0 Å². The molecule has 6 heteroatoms. The summed E-state index contributed by atoms with van der Waals surface area (Å²) in [6.45, 7) is -0.350. The first-order valence-electron chi connectivity index (χ1n) is 4.94. The molecule has 0 aliphatic carbocycles. The van der Waals surface area contributed by atoms with Crippen LogP contribution in [-0.4, -0.2) is 25.5 Å². The number of ether oxygens (including phenoxy) is 1. The molecule has 0 aliphatic heterocycles. The van der Waals surface area contributed by atoms with Crippen LogP contribution in [0.3, 0.4) is 0 Å². The van der Waals surface area contributed by atoms with E-state index >= 15 is 0 Å². The van der Waals surface area contributed by atoms with Gasteiger partial charge in [-0.25, -0.2) is 5.48 Å². The van der Waals surface area contributed by atoms with Crippen LogP contribution >= 0.6 is 0 Å². The molecule has 0 unspecified atom stereocenters. The van der Waals surface area contributed by atoms with E-state index in [0.29, 0.717) is 5.75 Å². The minimum Gasteiger partial charge on any atom is -0.496 e. The van der Waals surface area contributed by atoms with Crippen LogP contribution in [-0.2, 0) is 20.8 Å². The number of nitrogens with two attached hydrogens (primary N) is 1. The smallest absolute Gasteiger partial charge is 0.248 e. The van der Waals surface area contributed by atoms with Crippen molar-refractivity contribution in [2.75, 3.05) is 13.7 Å². The molecular weight excluding hydrogens is 224 g/mol. The molecule has 1 rings (SSSR count). The lowest BCUT2D eigenvalue weighted by Crippen LogP contribution is -2.30. The summed E-state index contributed by atoms with van der Waals surface area (Å²) in [7, 11) is 1.53. The zero-order valence-electron chi connectivity index (χ0n) is 9.43. The van der Waals surface area contributed by atoms with Crippen molar-refractivity contribution in [3.63, 3.8) is 0 Å². The van der Waals surface area contributed by atoms with E-state index in [-0.39, 0.29) is 18.9 Å². The molecule has 0 fully saturated rings. The zero-order chi connectivity index (χ0) is 12.7.